The number of nitrogens with one attached hydrogen (secondary N) is 1. The van der Waals surface area contributed by atoms with E-state index in [1.165, 1.54) is 0 Å². The first kappa shape index (κ1) is 13.4. The fraction of sp³-hybridized carbons (Fsp3) is 0.231. The molecule has 0 saturated carbocycles. The molecule has 0 amide bonds. The van der Waals surface area contributed by atoms with E-state index in [1.54, 1.807) is 6.92 Å². The quantitative estimate of drug-likeness (QED) is 0.923. The van der Waals surface area contributed by atoms with Crippen molar-refractivity contribution in [2.45, 2.75) is 13.5 Å². The third kappa shape index (κ3) is 3.23. The molecule has 1 heterocycles. The SMILES string of the molecule is CCOCc1nc(-c2cc(F)ccc2F)cc(=O)[nH]1. The number of hydrogen-bond donors (Lipinski definition) is 1. The van der Waals surface area contributed by atoms with E-state index in [0.29, 0.717) is 6.61 Å². The average molecular weight is 266 g/mol. The maximum Gasteiger partial charge on any atom is 0.251 e. The van der Waals surface area contributed by atoms with Crippen LogP contribution in [0, 0.1) is 11.6 Å². The second kappa shape index (κ2) is 5.71. The van der Waals surface area contributed by atoms with E-state index in [-0.39, 0.29) is 23.7 Å². The molecule has 19 heavy (non-hydrogen) atoms. The number of ether oxygens (including phenoxy) is 1. The van der Waals surface area contributed by atoms with Crippen molar-refractivity contribution in [3.63, 3.8) is 0 Å². The fourth-order valence-electron chi connectivity index (χ4n) is 1.61. The Labute approximate surface area is 108 Å². The second-order valence-corrected chi connectivity index (χ2v) is 3.84. The van der Waals surface area contributed by atoms with Crippen LogP contribution in [-0.4, -0.2) is 16.6 Å². The van der Waals surface area contributed by atoms with E-state index < -0.39 is 17.2 Å². The van der Waals surface area contributed by atoms with Crippen LogP contribution in [0.1, 0.15) is 12.7 Å². The standard InChI is InChI=1S/C13H12F2N2O2/c1-2-19-7-12-16-11(6-13(18)17-12)9-5-8(14)3-4-10(9)15/h3-6H,2,7H2,1H3,(H,16,17,18). The summed E-state index contributed by atoms with van der Waals surface area (Å²) >= 11 is 0. The Bertz CT molecular complexity index is 641. The van der Waals surface area contributed by atoms with E-state index >= 15 is 0 Å². The summed E-state index contributed by atoms with van der Waals surface area (Å²) in [6.45, 7) is 2.37. The van der Waals surface area contributed by atoms with Crippen LogP contribution in [0.25, 0.3) is 11.3 Å². The van der Waals surface area contributed by atoms with Crippen molar-refractivity contribution < 1.29 is 13.5 Å². The maximum absolute atomic E-state index is 13.6. The van der Waals surface area contributed by atoms with Gasteiger partial charge >= 0.3 is 0 Å². The lowest BCUT2D eigenvalue weighted by Gasteiger charge is -2.05. The fourth-order valence-corrected chi connectivity index (χ4v) is 1.61. The highest BCUT2D eigenvalue weighted by atomic mass is 19.1. The van der Waals surface area contributed by atoms with E-state index in [1.807, 2.05) is 0 Å². The van der Waals surface area contributed by atoms with Gasteiger partial charge in [0, 0.05) is 18.2 Å². The zero-order valence-corrected chi connectivity index (χ0v) is 10.2. The molecular weight excluding hydrogens is 254 g/mol. The number of H-pyrrole nitrogens is 1. The first-order valence-corrected chi connectivity index (χ1v) is 5.73. The molecule has 1 N–H and O–H groups in total. The van der Waals surface area contributed by atoms with Crippen molar-refractivity contribution in [3.8, 4) is 11.3 Å². The number of benzene rings is 1. The Balaban J connectivity index is 2.46. The highest BCUT2D eigenvalue weighted by Crippen LogP contribution is 2.20. The van der Waals surface area contributed by atoms with Crippen molar-refractivity contribution in [3.05, 3.63) is 52.1 Å². The van der Waals surface area contributed by atoms with Crippen LogP contribution in [-0.2, 0) is 11.3 Å². The molecule has 0 unspecified atom stereocenters. The monoisotopic (exact) mass is 266 g/mol. The van der Waals surface area contributed by atoms with E-state index in [9.17, 15) is 13.6 Å². The van der Waals surface area contributed by atoms with Crippen LogP contribution in [0.2, 0.25) is 0 Å². The molecule has 0 radical (unpaired) electrons. The summed E-state index contributed by atoms with van der Waals surface area (Å²) in [7, 11) is 0. The minimum Gasteiger partial charge on any atom is -0.374 e. The first-order valence-electron chi connectivity index (χ1n) is 5.73. The van der Waals surface area contributed by atoms with E-state index in [0.717, 1.165) is 24.3 Å². The van der Waals surface area contributed by atoms with Crippen molar-refractivity contribution in [1.82, 2.24) is 9.97 Å². The number of halogens is 2. The van der Waals surface area contributed by atoms with E-state index in [4.69, 9.17) is 4.74 Å². The van der Waals surface area contributed by atoms with Gasteiger partial charge in [0.05, 0.1) is 5.69 Å². The molecular formula is C13H12F2N2O2. The van der Waals surface area contributed by atoms with Crippen molar-refractivity contribution in [2.24, 2.45) is 0 Å². The van der Waals surface area contributed by atoms with Crippen LogP contribution in [0.3, 0.4) is 0 Å². The molecule has 0 saturated heterocycles. The maximum atomic E-state index is 13.6. The lowest BCUT2D eigenvalue weighted by molar-refractivity contribution is 0.128. The van der Waals surface area contributed by atoms with Crippen molar-refractivity contribution in [2.75, 3.05) is 6.61 Å². The minimum atomic E-state index is -0.637. The van der Waals surface area contributed by atoms with Gasteiger partial charge in [-0.05, 0) is 25.1 Å². The van der Waals surface area contributed by atoms with Crippen LogP contribution in [0.4, 0.5) is 8.78 Å². The molecule has 2 aromatic rings. The summed E-state index contributed by atoms with van der Waals surface area (Å²) in [5.74, 6) is -0.959. The Kier molecular flexibility index (Phi) is 4.01. The number of rotatable bonds is 4. The second-order valence-electron chi connectivity index (χ2n) is 3.84. The van der Waals surface area contributed by atoms with Gasteiger partial charge in [-0.2, -0.15) is 0 Å². The van der Waals surface area contributed by atoms with Gasteiger partial charge in [-0.25, -0.2) is 13.8 Å². The molecule has 100 valence electrons. The van der Waals surface area contributed by atoms with Gasteiger partial charge < -0.3 is 9.72 Å². The first-order chi connectivity index (χ1) is 9.10. The third-order valence-electron chi connectivity index (χ3n) is 2.44. The largest absolute Gasteiger partial charge is 0.374 e. The Morgan fingerprint density at radius 1 is 1.32 bits per heavy atom. The average Bonchev–Trinajstić information content (AvgIpc) is 2.38. The van der Waals surface area contributed by atoms with Crippen LogP contribution in [0.15, 0.2) is 29.1 Å². The molecule has 0 spiro atoms. The summed E-state index contributed by atoms with van der Waals surface area (Å²) in [5.41, 5.74) is -0.414. The minimum absolute atomic E-state index is 0.0520. The topological polar surface area (TPSA) is 55.0 Å². The Hall–Kier alpha value is -2.08. The lowest BCUT2D eigenvalue weighted by Crippen LogP contribution is -2.12. The van der Waals surface area contributed by atoms with Gasteiger partial charge in [0.15, 0.2) is 0 Å². The molecule has 0 bridgehead atoms. The zero-order valence-electron chi connectivity index (χ0n) is 10.2. The van der Waals surface area contributed by atoms with Gasteiger partial charge in [-0.15, -0.1) is 0 Å². The smallest absolute Gasteiger partial charge is 0.251 e. The molecule has 1 aromatic heterocycles. The molecule has 0 fully saturated rings. The molecule has 0 aliphatic rings. The summed E-state index contributed by atoms with van der Waals surface area (Å²) in [5, 5.41) is 0. The Morgan fingerprint density at radius 3 is 2.84 bits per heavy atom. The molecule has 0 atom stereocenters. The summed E-state index contributed by atoms with van der Waals surface area (Å²) in [6, 6.07) is 4.12. The molecule has 0 aliphatic heterocycles. The van der Waals surface area contributed by atoms with E-state index in [2.05, 4.69) is 9.97 Å². The van der Waals surface area contributed by atoms with Gasteiger partial charge in [0.25, 0.3) is 5.56 Å². The molecule has 6 heteroatoms. The highest BCUT2D eigenvalue weighted by Gasteiger charge is 2.10. The normalized spacial score (nSPS) is 10.7. The van der Waals surface area contributed by atoms with Crippen molar-refractivity contribution >= 4 is 0 Å². The summed E-state index contributed by atoms with van der Waals surface area (Å²) in [6.07, 6.45) is 0. The third-order valence-corrected chi connectivity index (χ3v) is 2.44. The van der Waals surface area contributed by atoms with Gasteiger partial charge in [-0.3, -0.25) is 4.79 Å². The van der Waals surface area contributed by atoms with Gasteiger partial charge in [-0.1, -0.05) is 0 Å². The predicted molar refractivity (Wildman–Crippen MR) is 65.5 cm³/mol. The number of hydrogen-bond acceptors (Lipinski definition) is 3. The summed E-state index contributed by atoms with van der Waals surface area (Å²) in [4.78, 5) is 18.0. The molecule has 4 nitrogen and oxygen atoms in total. The Morgan fingerprint density at radius 2 is 2.11 bits per heavy atom. The van der Waals surface area contributed by atoms with Crippen LogP contribution >= 0.6 is 0 Å². The lowest BCUT2D eigenvalue weighted by atomic mass is 10.1. The molecule has 2 rings (SSSR count). The number of nitrogens with zero attached hydrogens (tertiary/aromatic N) is 1. The number of aromatic nitrogens is 2. The highest BCUT2D eigenvalue weighted by molar-refractivity contribution is 5.59. The summed E-state index contributed by atoms with van der Waals surface area (Å²) < 4.78 is 31.9. The van der Waals surface area contributed by atoms with Crippen LogP contribution < -0.4 is 5.56 Å². The van der Waals surface area contributed by atoms with Crippen LogP contribution in [0.5, 0.6) is 0 Å². The molecule has 0 aliphatic carbocycles. The predicted octanol–water partition coefficient (Wildman–Crippen LogP) is 2.25. The van der Waals surface area contributed by atoms with Crippen molar-refractivity contribution in [1.29, 1.82) is 0 Å². The van der Waals surface area contributed by atoms with Gasteiger partial charge in [0.1, 0.15) is 24.1 Å². The number of aromatic amines is 1. The zero-order chi connectivity index (χ0) is 13.8. The molecule has 1 aromatic carbocycles. The van der Waals surface area contributed by atoms with Gasteiger partial charge in [0.2, 0.25) is 0 Å².